The van der Waals surface area contributed by atoms with E-state index < -0.39 is 0 Å². The Morgan fingerprint density at radius 2 is 1.84 bits per heavy atom. The van der Waals surface area contributed by atoms with E-state index in [0.717, 1.165) is 22.6 Å². The van der Waals surface area contributed by atoms with Gasteiger partial charge in [-0.05, 0) is 36.2 Å². The molecule has 0 fully saturated rings. The van der Waals surface area contributed by atoms with Crippen LogP contribution in [0.1, 0.15) is 11.1 Å². The number of hydrogen-bond acceptors (Lipinski definition) is 3. The Morgan fingerprint density at radius 1 is 1.16 bits per heavy atom. The summed E-state index contributed by atoms with van der Waals surface area (Å²) in [7, 11) is 1.64. The summed E-state index contributed by atoms with van der Waals surface area (Å²) in [6, 6.07) is 11.3. The van der Waals surface area contributed by atoms with Gasteiger partial charge in [0, 0.05) is 6.07 Å². The summed E-state index contributed by atoms with van der Waals surface area (Å²) in [6.45, 7) is 2.42. The maximum absolute atomic E-state index is 5.99. The van der Waals surface area contributed by atoms with Crippen molar-refractivity contribution in [2.24, 2.45) is 0 Å². The van der Waals surface area contributed by atoms with Crippen molar-refractivity contribution in [3.8, 4) is 11.5 Å². The molecule has 2 aromatic rings. The highest BCUT2D eigenvalue weighted by Gasteiger charge is 2.05. The number of halogens is 1. The van der Waals surface area contributed by atoms with Gasteiger partial charge in [0.2, 0.25) is 0 Å². The first-order valence-corrected chi connectivity index (χ1v) is 6.29. The van der Waals surface area contributed by atoms with E-state index in [1.54, 1.807) is 13.2 Å². The largest absolute Gasteiger partial charge is 0.497 e. The van der Waals surface area contributed by atoms with E-state index in [4.69, 9.17) is 26.8 Å². The standard InChI is InChI=1S/C15H16ClNO2/c1-10-7-14(17)13(16)8-15(10)19-9-11-3-5-12(18-2)6-4-11/h3-8H,9,17H2,1-2H3. The fourth-order valence-corrected chi connectivity index (χ4v) is 1.88. The quantitative estimate of drug-likeness (QED) is 0.864. The maximum atomic E-state index is 5.99. The molecular formula is C15H16ClNO2. The van der Waals surface area contributed by atoms with Crippen LogP contribution in [0, 0.1) is 6.92 Å². The lowest BCUT2D eigenvalue weighted by Gasteiger charge is -2.11. The number of nitrogen functional groups attached to an aromatic ring is 1. The van der Waals surface area contributed by atoms with Gasteiger partial charge in [-0.1, -0.05) is 23.7 Å². The smallest absolute Gasteiger partial charge is 0.124 e. The Labute approximate surface area is 117 Å². The molecule has 3 nitrogen and oxygen atoms in total. The Hall–Kier alpha value is -1.87. The molecule has 2 N–H and O–H groups in total. The van der Waals surface area contributed by atoms with Crippen molar-refractivity contribution in [2.75, 3.05) is 12.8 Å². The van der Waals surface area contributed by atoms with Gasteiger partial charge in [0.15, 0.2) is 0 Å². The van der Waals surface area contributed by atoms with Crippen molar-refractivity contribution < 1.29 is 9.47 Å². The van der Waals surface area contributed by atoms with E-state index >= 15 is 0 Å². The van der Waals surface area contributed by atoms with Crippen molar-refractivity contribution in [1.82, 2.24) is 0 Å². The third kappa shape index (κ3) is 3.32. The van der Waals surface area contributed by atoms with E-state index in [1.807, 2.05) is 37.3 Å². The normalized spacial score (nSPS) is 10.3. The predicted molar refractivity (Wildman–Crippen MR) is 77.9 cm³/mol. The number of ether oxygens (including phenoxy) is 2. The minimum absolute atomic E-state index is 0.477. The van der Waals surface area contributed by atoms with Crippen LogP contribution in [0.4, 0.5) is 5.69 Å². The number of benzene rings is 2. The minimum atomic E-state index is 0.477. The third-order valence-corrected chi connectivity index (χ3v) is 3.17. The summed E-state index contributed by atoms with van der Waals surface area (Å²) >= 11 is 5.99. The fourth-order valence-electron chi connectivity index (χ4n) is 1.72. The molecule has 2 rings (SSSR count). The molecule has 0 radical (unpaired) electrons. The molecule has 19 heavy (non-hydrogen) atoms. The Balaban J connectivity index is 2.07. The number of rotatable bonds is 4. The van der Waals surface area contributed by atoms with E-state index in [-0.39, 0.29) is 0 Å². The topological polar surface area (TPSA) is 44.5 Å². The van der Waals surface area contributed by atoms with E-state index in [2.05, 4.69) is 0 Å². The summed E-state index contributed by atoms with van der Waals surface area (Å²) in [5.74, 6) is 1.57. The van der Waals surface area contributed by atoms with Gasteiger partial charge in [-0.2, -0.15) is 0 Å². The summed E-state index contributed by atoms with van der Waals surface area (Å²) in [5.41, 5.74) is 8.32. The predicted octanol–water partition coefficient (Wildman–Crippen LogP) is 3.82. The summed E-state index contributed by atoms with van der Waals surface area (Å²) in [4.78, 5) is 0. The second-order valence-electron chi connectivity index (χ2n) is 4.28. The molecule has 0 bridgehead atoms. The van der Waals surface area contributed by atoms with Crippen LogP contribution >= 0.6 is 11.6 Å². The van der Waals surface area contributed by atoms with Gasteiger partial charge in [-0.15, -0.1) is 0 Å². The lowest BCUT2D eigenvalue weighted by molar-refractivity contribution is 0.304. The average molecular weight is 278 g/mol. The monoisotopic (exact) mass is 277 g/mol. The fraction of sp³-hybridized carbons (Fsp3) is 0.200. The van der Waals surface area contributed by atoms with Gasteiger partial charge < -0.3 is 15.2 Å². The molecule has 0 saturated heterocycles. The number of anilines is 1. The number of hydrogen-bond donors (Lipinski definition) is 1. The molecule has 100 valence electrons. The van der Waals surface area contributed by atoms with Crippen LogP contribution in [-0.4, -0.2) is 7.11 Å². The van der Waals surface area contributed by atoms with Crippen molar-refractivity contribution >= 4 is 17.3 Å². The SMILES string of the molecule is COc1ccc(COc2cc(Cl)c(N)cc2C)cc1. The van der Waals surface area contributed by atoms with Crippen molar-refractivity contribution in [1.29, 1.82) is 0 Å². The van der Waals surface area contributed by atoms with Gasteiger partial charge >= 0.3 is 0 Å². The first-order valence-electron chi connectivity index (χ1n) is 5.91. The summed E-state index contributed by atoms with van der Waals surface area (Å²) in [5, 5.41) is 0.510. The molecule has 2 aromatic carbocycles. The summed E-state index contributed by atoms with van der Waals surface area (Å²) < 4.78 is 10.9. The van der Waals surface area contributed by atoms with Crippen LogP contribution in [0.25, 0.3) is 0 Å². The molecule has 0 heterocycles. The molecule has 0 amide bonds. The van der Waals surface area contributed by atoms with Gasteiger partial charge in [-0.25, -0.2) is 0 Å². The van der Waals surface area contributed by atoms with Crippen molar-refractivity contribution in [3.05, 3.63) is 52.5 Å². The summed E-state index contributed by atoms with van der Waals surface area (Å²) in [6.07, 6.45) is 0. The number of nitrogens with two attached hydrogens (primary N) is 1. The molecule has 0 unspecified atom stereocenters. The lowest BCUT2D eigenvalue weighted by Crippen LogP contribution is -1.98. The Kier molecular flexibility index (Phi) is 4.17. The number of aryl methyl sites for hydroxylation is 1. The van der Waals surface area contributed by atoms with E-state index in [9.17, 15) is 0 Å². The molecular weight excluding hydrogens is 262 g/mol. The molecule has 0 aromatic heterocycles. The van der Waals surface area contributed by atoms with Crippen LogP contribution in [0.3, 0.4) is 0 Å². The second-order valence-corrected chi connectivity index (χ2v) is 4.68. The van der Waals surface area contributed by atoms with Crippen LogP contribution < -0.4 is 15.2 Å². The molecule has 0 saturated carbocycles. The first kappa shape index (κ1) is 13.6. The molecule has 0 aliphatic carbocycles. The lowest BCUT2D eigenvalue weighted by atomic mass is 10.2. The highest BCUT2D eigenvalue weighted by atomic mass is 35.5. The zero-order chi connectivity index (χ0) is 13.8. The highest BCUT2D eigenvalue weighted by Crippen LogP contribution is 2.29. The van der Waals surface area contributed by atoms with Crippen LogP contribution in [0.2, 0.25) is 5.02 Å². The number of methoxy groups -OCH3 is 1. The maximum Gasteiger partial charge on any atom is 0.124 e. The van der Waals surface area contributed by atoms with Crippen LogP contribution in [0.5, 0.6) is 11.5 Å². The van der Waals surface area contributed by atoms with E-state index in [0.29, 0.717) is 17.3 Å². The Morgan fingerprint density at radius 3 is 2.47 bits per heavy atom. The van der Waals surface area contributed by atoms with E-state index in [1.165, 1.54) is 0 Å². The first-order chi connectivity index (χ1) is 9.10. The average Bonchev–Trinajstić information content (AvgIpc) is 2.42. The molecule has 0 atom stereocenters. The van der Waals surface area contributed by atoms with Gasteiger partial charge in [0.1, 0.15) is 18.1 Å². The van der Waals surface area contributed by atoms with Crippen molar-refractivity contribution in [2.45, 2.75) is 13.5 Å². The molecule has 0 spiro atoms. The van der Waals surface area contributed by atoms with Gasteiger partial charge in [-0.3, -0.25) is 0 Å². The second kappa shape index (κ2) is 5.85. The molecule has 0 aliphatic rings. The molecule has 4 heteroatoms. The van der Waals surface area contributed by atoms with Crippen LogP contribution in [0.15, 0.2) is 36.4 Å². The minimum Gasteiger partial charge on any atom is -0.497 e. The van der Waals surface area contributed by atoms with Crippen LogP contribution in [-0.2, 0) is 6.61 Å². The van der Waals surface area contributed by atoms with Gasteiger partial charge in [0.25, 0.3) is 0 Å². The molecule has 0 aliphatic heterocycles. The third-order valence-electron chi connectivity index (χ3n) is 2.85. The Bertz CT molecular complexity index is 567. The zero-order valence-electron chi connectivity index (χ0n) is 10.9. The van der Waals surface area contributed by atoms with Gasteiger partial charge in [0.05, 0.1) is 17.8 Å². The zero-order valence-corrected chi connectivity index (χ0v) is 11.7. The van der Waals surface area contributed by atoms with Crippen molar-refractivity contribution in [3.63, 3.8) is 0 Å². The highest BCUT2D eigenvalue weighted by molar-refractivity contribution is 6.33.